The number of rotatable bonds is 4. The quantitative estimate of drug-likeness (QED) is 0.832. The number of carbonyl (C=O) groups excluding carboxylic acids is 2. The third-order valence-electron chi connectivity index (χ3n) is 5.48. The molecule has 1 saturated heterocycles. The maximum Gasteiger partial charge on any atom is 0.253 e. The highest BCUT2D eigenvalue weighted by Crippen LogP contribution is 2.30. The molecule has 2 amide bonds. The van der Waals surface area contributed by atoms with Gasteiger partial charge in [0.15, 0.2) is 0 Å². The van der Waals surface area contributed by atoms with E-state index in [0.29, 0.717) is 31.5 Å². The molecule has 1 aliphatic heterocycles. The first kappa shape index (κ1) is 20.9. The summed E-state index contributed by atoms with van der Waals surface area (Å²) in [4.78, 5) is 27.4. The molecule has 0 bridgehead atoms. The van der Waals surface area contributed by atoms with Crippen molar-refractivity contribution in [3.8, 4) is 5.75 Å². The summed E-state index contributed by atoms with van der Waals surface area (Å²) in [5.74, 6) is 0.693. The monoisotopic (exact) mass is 394 g/mol. The molecule has 0 spiro atoms. The molecule has 0 saturated carbocycles. The average molecular weight is 395 g/mol. The van der Waals surface area contributed by atoms with Gasteiger partial charge in [-0.25, -0.2) is 0 Å². The van der Waals surface area contributed by atoms with E-state index in [1.807, 2.05) is 23.1 Å². The van der Waals surface area contributed by atoms with Crippen LogP contribution in [0.5, 0.6) is 5.75 Å². The van der Waals surface area contributed by atoms with Crippen LogP contribution in [0.2, 0.25) is 0 Å². The Morgan fingerprint density at radius 2 is 1.62 bits per heavy atom. The molecule has 5 heteroatoms. The summed E-state index contributed by atoms with van der Waals surface area (Å²) in [6.45, 7) is 7.59. The number of piperidine rings is 1. The van der Waals surface area contributed by atoms with Crippen LogP contribution in [0.3, 0.4) is 0 Å². The van der Waals surface area contributed by atoms with Gasteiger partial charge < -0.3 is 15.0 Å². The lowest BCUT2D eigenvalue weighted by atomic mass is 9.85. The summed E-state index contributed by atoms with van der Waals surface area (Å²) in [7, 11) is 1.60. The number of methoxy groups -OCH3 is 1. The molecule has 2 aromatic rings. The van der Waals surface area contributed by atoms with Gasteiger partial charge in [0.25, 0.3) is 5.91 Å². The van der Waals surface area contributed by atoms with Gasteiger partial charge in [0.1, 0.15) is 5.75 Å². The molecule has 2 aromatic carbocycles. The van der Waals surface area contributed by atoms with E-state index in [1.165, 1.54) is 0 Å². The summed E-state index contributed by atoms with van der Waals surface area (Å²) in [6, 6.07) is 15.1. The zero-order chi connectivity index (χ0) is 21.0. The maximum atomic E-state index is 12.8. The van der Waals surface area contributed by atoms with Crippen LogP contribution in [0, 0.1) is 5.92 Å². The number of ether oxygens (including phenoxy) is 1. The third kappa shape index (κ3) is 4.97. The van der Waals surface area contributed by atoms with Crippen LogP contribution in [0.4, 0.5) is 5.69 Å². The Hall–Kier alpha value is -2.82. The zero-order valence-corrected chi connectivity index (χ0v) is 17.7. The second kappa shape index (κ2) is 8.68. The predicted octanol–water partition coefficient (Wildman–Crippen LogP) is 4.48. The fourth-order valence-corrected chi connectivity index (χ4v) is 3.74. The number of likely N-dealkylation sites (tertiary alicyclic amines) is 1. The van der Waals surface area contributed by atoms with E-state index in [1.54, 1.807) is 31.4 Å². The topological polar surface area (TPSA) is 58.6 Å². The lowest BCUT2D eigenvalue weighted by Crippen LogP contribution is -2.41. The summed E-state index contributed by atoms with van der Waals surface area (Å²) >= 11 is 0. The smallest absolute Gasteiger partial charge is 0.253 e. The van der Waals surface area contributed by atoms with Crippen LogP contribution in [-0.2, 0) is 10.2 Å². The molecule has 1 heterocycles. The van der Waals surface area contributed by atoms with E-state index in [2.05, 4.69) is 32.2 Å². The van der Waals surface area contributed by atoms with Crippen molar-refractivity contribution in [1.29, 1.82) is 0 Å². The highest BCUT2D eigenvalue weighted by atomic mass is 16.5. The van der Waals surface area contributed by atoms with Crippen molar-refractivity contribution >= 4 is 17.5 Å². The Kier molecular flexibility index (Phi) is 6.26. The van der Waals surface area contributed by atoms with Gasteiger partial charge in [-0.15, -0.1) is 0 Å². The van der Waals surface area contributed by atoms with Gasteiger partial charge >= 0.3 is 0 Å². The van der Waals surface area contributed by atoms with Crippen LogP contribution in [-0.4, -0.2) is 36.9 Å². The number of hydrogen-bond donors (Lipinski definition) is 1. The lowest BCUT2D eigenvalue weighted by molar-refractivity contribution is -0.121. The molecule has 154 valence electrons. The molecule has 1 N–H and O–H groups in total. The van der Waals surface area contributed by atoms with Crippen molar-refractivity contribution in [2.75, 3.05) is 25.5 Å². The third-order valence-corrected chi connectivity index (χ3v) is 5.48. The fraction of sp³-hybridized carbons (Fsp3) is 0.417. The van der Waals surface area contributed by atoms with E-state index in [9.17, 15) is 9.59 Å². The minimum Gasteiger partial charge on any atom is -0.497 e. The summed E-state index contributed by atoms with van der Waals surface area (Å²) in [5, 5.41) is 3.12. The van der Waals surface area contributed by atoms with Gasteiger partial charge in [-0.2, -0.15) is 0 Å². The van der Waals surface area contributed by atoms with Gasteiger partial charge in [0.05, 0.1) is 7.11 Å². The van der Waals surface area contributed by atoms with Gasteiger partial charge in [-0.05, 0) is 54.2 Å². The first-order valence-corrected chi connectivity index (χ1v) is 10.1. The molecule has 1 aliphatic rings. The molecule has 1 fully saturated rings. The molecule has 0 aromatic heterocycles. The number of nitrogens with zero attached hydrogens (tertiary/aromatic N) is 1. The van der Waals surface area contributed by atoms with Gasteiger partial charge in [0.2, 0.25) is 5.91 Å². The van der Waals surface area contributed by atoms with Gasteiger partial charge in [-0.1, -0.05) is 39.0 Å². The number of carbonyl (C=O) groups is 2. The van der Waals surface area contributed by atoms with E-state index in [-0.39, 0.29) is 23.1 Å². The van der Waals surface area contributed by atoms with Crippen LogP contribution in [0.25, 0.3) is 0 Å². The molecular weight excluding hydrogens is 364 g/mol. The van der Waals surface area contributed by atoms with Crippen LogP contribution in [0.1, 0.15) is 49.5 Å². The Bertz CT molecular complexity index is 860. The van der Waals surface area contributed by atoms with Crippen molar-refractivity contribution in [2.45, 2.75) is 39.0 Å². The highest BCUT2D eigenvalue weighted by molar-refractivity contribution is 5.95. The van der Waals surface area contributed by atoms with Gasteiger partial charge in [-0.3, -0.25) is 9.59 Å². The zero-order valence-electron chi connectivity index (χ0n) is 17.7. The first-order valence-electron chi connectivity index (χ1n) is 10.1. The number of benzene rings is 2. The molecule has 0 aliphatic carbocycles. The van der Waals surface area contributed by atoms with Crippen molar-refractivity contribution in [3.05, 3.63) is 59.7 Å². The summed E-state index contributed by atoms with van der Waals surface area (Å²) in [6.07, 6.45) is 1.34. The molecule has 5 nitrogen and oxygen atoms in total. The second-order valence-electron chi connectivity index (χ2n) is 8.58. The number of para-hydroxylation sites is 1. The predicted molar refractivity (Wildman–Crippen MR) is 115 cm³/mol. The molecule has 0 atom stereocenters. The van der Waals surface area contributed by atoms with Crippen molar-refractivity contribution < 1.29 is 14.3 Å². The molecular formula is C24H30N2O3. The van der Waals surface area contributed by atoms with Crippen LogP contribution < -0.4 is 10.1 Å². The molecule has 0 unspecified atom stereocenters. The van der Waals surface area contributed by atoms with Crippen molar-refractivity contribution in [2.24, 2.45) is 5.92 Å². The Morgan fingerprint density at radius 1 is 1.00 bits per heavy atom. The second-order valence-corrected chi connectivity index (χ2v) is 8.58. The van der Waals surface area contributed by atoms with Crippen LogP contribution in [0.15, 0.2) is 48.5 Å². The number of anilines is 1. The molecule has 0 radical (unpaired) electrons. The first-order chi connectivity index (χ1) is 13.8. The standard InChI is InChI=1S/C24H30N2O3/c1-24(2,3)20-7-5-6-8-21(20)25-22(27)17-13-15-26(16-14-17)23(28)18-9-11-19(29-4)12-10-18/h5-12,17H,13-16H2,1-4H3,(H,25,27). The average Bonchev–Trinajstić information content (AvgIpc) is 2.73. The largest absolute Gasteiger partial charge is 0.497 e. The Labute approximate surface area is 173 Å². The van der Waals surface area contributed by atoms with Crippen molar-refractivity contribution in [3.63, 3.8) is 0 Å². The lowest BCUT2D eigenvalue weighted by Gasteiger charge is -2.32. The minimum absolute atomic E-state index is 0.00425. The molecule has 3 rings (SSSR count). The van der Waals surface area contributed by atoms with Crippen LogP contribution >= 0.6 is 0 Å². The highest BCUT2D eigenvalue weighted by Gasteiger charge is 2.29. The summed E-state index contributed by atoms with van der Waals surface area (Å²) in [5.41, 5.74) is 2.60. The number of amides is 2. The molecule has 29 heavy (non-hydrogen) atoms. The summed E-state index contributed by atoms with van der Waals surface area (Å²) < 4.78 is 5.14. The minimum atomic E-state index is -0.0806. The van der Waals surface area contributed by atoms with Gasteiger partial charge in [0, 0.05) is 30.3 Å². The van der Waals surface area contributed by atoms with E-state index < -0.39 is 0 Å². The number of nitrogens with one attached hydrogen (secondary N) is 1. The Morgan fingerprint density at radius 3 is 2.21 bits per heavy atom. The van der Waals surface area contributed by atoms with E-state index >= 15 is 0 Å². The fourth-order valence-electron chi connectivity index (χ4n) is 3.74. The van der Waals surface area contributed by atoms with Crippen molar-refractivity contribution in [1.82, 2.24) is 4.90 Å². The number of hydrogen-bond acceptors (Lipinski definition) is 3. The van der Waals surface area contributed by atoms with E-state index in [0.717, 1.165) is 17.0 Å². The maximum absolute atomic E-state index is 12.8. The van der Waals surface area contributed by atoms with E-state index in [4.69, 9.17) is 4.74 Å². The SMILES string of the molecule is COc1ccc(C(=O)N2CCC(C(=O)Nc3ccccc3C(C)(C)C)CC2)cc1. The normalized spacial score (nSPS) is 15.1. The Balaban J connectivity index is 1.59.